The van der Waals surface area contributed by atoms with E-state index in [0.717, 1.165) is 18.0 Å². The Balaban J connectivity index is 1.83. The highest BCUT2D eigenvalue weighted by atomic mass is 16.2. The first kappa shape index (κ1) is 11.1. The lowest BCUT2D eigenvalue weighted by atomic mass is 10.1. The van der Waals surface area contributed by atoms with E-state index in [4.69, 9.17) is 0 Å². The van der Waals surface area contributed by atoms with Crippen molar-refractivity contribution in [2.45, 2.75) is 19.3 Å². The summed E-state index contributed by atoms with van der Waals surface area (Å²) in [6, 6.07) is -0.591. The minimum atomic E-state index is -0.816. The summed E-state index contributed by atoms with van der Waals surface area (Å²) in [5, 5.41) is 1.98. The number of amides is 4. The molecule has 0 radical (unpaired) electrons. The van der Waals surface area contributed by atoms with Crippen molar-refractivity contribution in [3.05, 3.63) is 0 Å². The van der Waals surface area contributed by atoms with Gasteiger partial charge in [-0.2, -0.15) is 0 Å². The molecule has 0 aromatic rings. The van der Waals surface area contributed by atoms with Crippen molar-refractivity contribution >= 4 is 17.8 Å². The fourth-order valence-electron chi connectivity index (χ4n) is 2.06. The van der Waals surface area contributed by atoms with E-state index in [9.17, 15) is 14.4 Å². The van der Waals surface area contributed by atoms with Crippen molar-refractivity contribution in [1.82, 2.24) is 15.1 Å². The predicted molar refractivity (Wildman–Crippen MR) is 55.5 cm³/mol. The molecule has 2 heterocycles. The van der Waals surface area contributed by atoms with Gasteiger partial charge in [-0.05, 0) is 25.9 Å². The number of hydrogen-bond acceptors (Lipinski definition) is 4. The standard InChI is InChI=1S/C10H15N3O3/c14-8-9(15)13(10(16)11-8)7-6-12-4-2-1-3-5-12/h1-7H2,(H,11,14,16). The van der Waals surface area contributed by atoms with Gasteiger partial charge < -0.3 is 4.90 Å². The Kier molecular flexibility index (Phi) is 3.19. The van der Waals surface area contributed by atoms with E-state index in [0.29, 0.717) is 13.1 Å². The Morgan fingerprint density at radius 1 is 1.00 bits per heavy atom. The molecule has 0 aromatic carbocycles. The van der Waals surface area contributed by atoms with Gasteiger partial charge in [0.25, 0.3) is 0 Å². The second kappa shape index (κ2) is 4.61. The molecule has 0 atom stereocenters. The molecule has 1 N–H and O–H groups in total. The highest BCUT2D eigenvalue weighted by Gasteiger charge is 2.36. The third-order valence-electron chi connectivity index (χ3n) is 2.99. The van der Waals surface area contributed by atoms with Gasteiger partial charge in [-0.25, -0.2) is 4.79 Å². The molecule has 0 aromatic heterocycles. The van der Waals surface area contributed by atoms with Gasteiger partial charge in [0.05, 0.1) is 0 Å². The SMILES string of the molecule is O=C1NC(=O)N(CCN2CCCCC2)C1=O. The first-order chi connectivity index (χ1) is 7.68. The first-order valence-electron chi connectivity index (χ1n) is 5.57. The van der Waals surface area contributed by atoms with Crippen molar-refractivity contribution in [3.63, 3.8) is 0 Å². The molecule has 0 spiro atoms. The average molecular weight is 225 g/mol. The molecule has 6 nitrogen and oxygen atoms in total. The quantitative estimate of drug-likeness (QED) is 0.522. The summed E-state index contributed by atoms with van der Waals surface area (Å²) < 4.78 is 0. The van der Waals surface area contributed by atoms with Gasteiger partial charge >= 0.3 is 17.8 Å². The van der Waals surface area contributed by atoms with Crippen LogP contribution in [0.15, 0.2) is 0 Å². The minimum absolute atomic E-state index is 0.302. The minimum Gasteiger partial charge on any atom is -0.302 e. The second-order valence-electron chi connectivity index (χ2n) is 4.12. The van der Waals surface area contributed by atoms with E-state index in [1.807, 2.05) is 5.32 Å². The largest absolute Gasteiger partial charge is 0.331 e. The van der Waals surface area contributed by atoms with E-state index in [1.165, 1.54) is 19.3 Å². The monoisotopic (exact) mass is 225 g/mol. The van der Waals surface area contributed by atoms with Gasteiger partial charge in [0.1, 0.15) is 0 Å². The number of hydrogen-bond donors (Lipinski definition) is 1. The smallest absolute Gasteiger partial charge is 0.302 e. The van der Waals surface area contributed by atoms with Gasteiger partial charge in [-0.3, -0.25) is 19.8 Å². The lowest BCUT2D eigenvalue weighted by Gasteiger charge is -2.27. The maximum Gasteiger partial charge on any atom is 0.331 e. The van der Waals surface area contributed by atoms with Crippen LogP contribution < -0.4 is 5.32 Å². The summed E-state index contributed by atoms with van der Waals surface area (Å²) in [5.74, 6) is -1.55. The fourth-order valence-corrected chi connectivity index (χ4v) is 2.06. The number of rotatable bonds is 3. The van der Waals surface area contributed by atoms with Crippen LogP contribution in [0.3, 0.4) is 0 Å². The normalized spacial score (nSPS) is 22.8. The van der Waals surface area contributed by atoms with E-state index < -0.39 is 17.8 Å². The third-order valence-corrected chi connectivity index (χ3v) is 2.99. The molecule has 0 bridgehead atoms. The topological polar surface area (TPSA) is 69.7 Å². The molecule has 16 heavy (non-hydrogen) atoms. The second-order valence-corrected chi connectivity index (χ2v) is 4.12. The van der Waals surface area contributed by atoms with Gasteiger partial charge in [-0.15, -0.1) is 0 Å². The van der Waals surface area contributed by atoms with Crippen LogP contribution in [0.25, 0.3) is 0 Å². The molecule has 4 amide bonds. The number of nitrogens with one attached hydrogen (secondary N) is 1. The summed E-state index contributed by atoms with van der Waals surface area (Å²) in [4.78, 5) is 36.6. The Morgan fingerprint density at radius 2 is 1.69 bits per heavy atom. The zero-order valence-corrected chi connectivity index (χ0v) is 9.07. The van der Waals surface area contributed by atoms with Gasteiger partial charge in [0.15, 0.2) is 0 Å². The number of carbonyl (C=O) groups excluding carboxylic acids is 3. The molecule has 6 heteroatoms. The number of imide groups is 2. The maximum atomic E-state index is 11.3. The van der Waals surface area contributed by atoms with Gasteiger partial charge in [0, 0.05) is 13.1 Å². The van der Waals surface area contributed by atoms with E-state index in [-0.39, 0.29) is 0 Å². The lowest BCUT2D eigenvalue weighted by molar-refractivity contribution is -0.140. The first-order valence-corrected chi connectivity index (χ1v) is 5.57. The summed E-state index contributed by atoms with van der Waals surface area (Å²) >= 11 is 0. The highest BCUT2D eigenvalue weighted by Crippen LogP contribution is 2.09. The molecule has 2 aliphatic heterocycles. The molecule has 2 saturated heterocycles. The molecule has 88 valence electrons. The van der Waals surface area contributed by atoms with Crippen LogP contribution in [0, 0.1) is 0 Å². The van der Waals surface area contributed by atoms with Crippen LogP contribution in [0.1, 0.15) is 19.3 Å². The molecule has 0 aliphatic carbocycles. The Hall–Kier alpha value is -1.43. The lowest BCUT2D eigenvalue weighted by Crippen LogP contribution is -2.40. The van der Waals surface area contributed by atoms with Gasteiger partial charge in [0.2, 0.25) is 0 Å². The van der Waals surface area contributed by atoms with Crippen LogP contribution in [0.2, 0.25) is 0 Å². The van der Waals surface area contributed by atoms with Crippen LogP contribution in [0.4, 0.5) is 4.79 Å². The van der Waals surface area contributed by atoms with E-state index in [2.05, 4.69) is 4.90 Å². The number of urea groups is 1. The van der Waals surface area contributed by atoms with Crippen LogP contribution in [-0.2, 0) is 9.59 Å². The fraction of sp³-hybridized carbons (Fsp3) is 0.700. The predicted octanol–water partition coefficient (Wildman–Crippen LogP) is -0.449. The average Bonchev–Trinajstić information content (AvgIpc) is 2.53. The molecule has 2 fully saturated rings. The Bertz CT molecular complexity index is 323. The third kappa shape index (κ3) is 2.21. The zero-order chi connectivity index (χ0) is 11.5. The molecule has 2 rings (SSSR count). The molecular formula is C10H15N3O3. The molecular weight excluding hydrogens is 210 g/mol. The summed E-state index contributed by atoms with van der Waals surface area (Å²) in [6.45, 7) is 2.98. The summed E-state index contributed by atoms with van der Waals surface area (Å²) in [5.41, 5.74) is 0. The Morgan fingerprint density at radius 3 is 2.25 bits per heavy atom. The van der Waals surface area contributed by atoms with E-state index >= 15 is 0 Å². The number of carbonyl (C=O) groups is 3. The van der Waals surface area contributed by atoms with Crippen LogP contribution >= 0.6 is 0 Å². The number of likely N-dealkylation sites (tertiary alicyclic amines) is 1. The number of nitrogens with zero attached hydrogens (tertiary/aromatic N) is 2. The molecule has 2 aliphatic rings. The maximum absolute atomic E-state index is 11.3. The van der Waals surface area contributed by atoms with Crippen molar-refractivity contribution in [3.8, 4) is 0 Å². The van der Waals surface area contributed by atoms with Crippen molar-refractivity contribution in [2.24, 2.45) is 0 Å². The van der Waals surface area contributed by atoms with Crippen molar-refractivity contribution in [2.75, 3.05) is 26.2 Å². The zero-order valence-electron chi connectivity index (χ0n) is 9.07. The van der Waals surface area contributed by atoms with E-state index in [1.54, 1.807) is 0 Å². The summed E-state index contributed by atoms with van der Waals surface area (Å²) in [7, 11) is 0. The van der Waals surface area contributed by atoms with Crippen LogP contribution in [0.5, 0.6) is 0 Å². The number of piperidine rings is 1. The molecule has 0 unspecified atom stereocenters. The van der Waals surface area contributed by atoms with Crippen LogP contribution in [-0.4, -0.2) is 53.8 Å². The summed E-state index contributed by atoms with van der Waals surface area (Å²) in [6.07, 6.45) is 3.58. The highest BCUT2D eigenvalue weighted by molar-refractivity contribution is 6.44. The van der Waals surface area contributed by atoms with Gasteiger partial charge in [-0.1, -0.05) is 6.42 Å². The molecule has 0 saturated carbocycles. The van der Waals surface area contributed by atoms with Crippen molar-refractivity contribution < 1.29 is 14.4 Å². The Labute approximate surface area is 93.6 Å². The van der Waals surface area contributed by atoms with Crippen molar-refractivity contribution in [1.29, 1.82) is 0 Å².